The SMILES string of the molecule is CC1(C=O)CCCCC1C=O. The van der Waals surface area contributed by atoms with E-state index in [0.29, 0.717) is 0 Å². The van der Waals surface area contributed by atoms with Gasteiger partial charge in [0.1, 0.15) is 12.6 Å². The fourth-order valence-corrected chi connectivity index (χ4v) is 1.76. The van der Waals surface area contributed by atoms with Crippen molar-refractivity contribution >= 4 is 12.6 Å². The molecule has 0 aromatic carbocycles. The molecule has 0 bridgehead atoms. The molecule has 11 heavy (non-hydrogen) atoms. The van der Waals surface area contributed by atoms with Gasteiger partial charge in [-0.25, -0.2) is 0 Å². The molecule has 2 unspecified atom stereocenters. The smallest absolute Gasteiger partial charge is 0.126 e. The molecule has 1 rings (SSSR count). The fraction of sp³-hybridized carbons (Fsp3) is 0.778. The van der Waals surface area contributed by atoms with Crippen LogP contribution in [0.5, 0.6) is 0 Å². The molecule has 0 radical (unpaired) electrons. The second-order valence-corrected chi connectivity index (χ2v) is 3.61. The first-order valence-corrected chi connectivity index (χ1v) is 4.14. The quantitative estimate of drug-likeness (QED) is 0.566. The topological polar surface area (TPSA) is 34.1 Å². The van der Waals surface area contributed by atoms with Gasteiger partial charge < -0.3 is 9.59 Å². The molecule has 0 aliphatic heterocycles. The van der Waals surface area contributed by atoms with Crippen molar-refractivity contribution in [3.8, 4) is 0 Å². The summed E-state index contributed by atoms with van der Waals surface area (Å²) in [7, 11) is 0. The summed E-state index contributed by atoms with van der Waals surface area (Å²) in [6.45, 7) is 1.89. The van der Waals surface area contributed by atoms with Crippen LogP contribution in [0.15, 0.2) is 0 Å². The van der Waals surface area contributed by atoms with E-state index in [1.165, 1.54) is 0 Å². The number of carbonyl (C=O) groups is 2. The molecule has 0 saturated heterocycles. The number of hydrogen-bond acceptors (Lipinski definition) is 2. The molecule has 2 nitrogen and oxygen atoms in total. The highest BCUT2D eigenvalue weighted by Crippen LogP contribution is 2.37. The van der Waals surface area contributed by atoms with Gasteiger partial charge in [-0.2, -0.15) is 0 Å². The Labute approximate surface area is 67.0 Å². The van der Waals surface area contributed by atoms with Gasteiger partial charge in [-0.3, -0.25) is 0 Å². The Hall–Kier alpha value is -0.660. The standard InChI is InChI=1S/C9H14O2/c1-9(7-11)5-3-2-4-8(9)6-10/h6-8H,2-5H2,1H3. The lowest BCUT2D eigenvalue weighted by Crippen LogP contribution is -2.33. The van der Waals surface area contributed by atoms with Gasteiger partial charge in [0, 0.05) is 11.3 Å². The molecule has 0 spiro atoms. The molecule has 1 fully saturated rings. The third-order valence-corrected chi connectivity index (χ3v) is 2.76. The van der Waals surface area contributed by atoms with Gasteiger partial charge in [-0.05, 0) is 12.8 Å². The van der Waals surface area contributed by atoms with Crippen LogP contribution in [0.1, 0.15) is 32.6 Å². The van der Waals surface area contributed by atoms with Gasteiger partial charge in [0.05, 0.1) is 0 Å². The van der Waals surface area contributed by atoms with Crippen LogP contribution in [0.25, 0.3) is 0 Å². The van der Waals surface area contributed by atoms with E-state index in [1.807, 2.05) is 6.92 Å². The average Bonchev–Trinajstić information content (AvgIpc) is 2.05. The zero-order chi connectivity index (χ0) is 8.32. The van der Waals surface area contributed by atoms with Crippen LogP contribution in [0, 0.1) is 11.3 Å². The van der Waals surface area contributed by atoms with Crippen molar-refractivity contribution in [1.82, 2.24) is 0 Å². The van der Waals surface area contributed by atoms with Gasteiger partial charge in [0.25, 0.3) is 0 Å². The largest absolute Gasteiger partial charge is 0.303 e. The van der Waals surface area contributed by atoms with Crippen LogP contribution in [-0.2, 0) is 9.59 Å². The first kappa shape index (κ1) is 8.44. The van der Waals surface area contributed by atoms with Crippen molar-refractivity contribution in [2.24, 2.45) is 11.3 Å². The summed E-state index contributed by atoms with van der Waals surface area (Å²) in [4.78, 5) is 21.3. The van der Waals surface area contributed by atoms with Crippen molar-refractivity contribution in [3.63, 3.8) is 0 Å². The molecular weight excluding hydrogens is 140 g/mol. The second-order valence-electron chi connectivity index (χ2n) is 3.61. The predicted molar refractivity (Wildman–Crippen MR) is 42.2 cm³/mol. The van der Waals surface area contributed by atoms with Gasteiger partial charge in [0.15, 0.2) is 0 Å². The van der Waals surface area contributed by atoms with Crippen LogP contribution >= 0.6 is 0 Å². The van der Waals surface area contributed by atoms with E-state index in [9.17, 15) is 9.59 Å². The monoisotopic (exact) mass is 154 g/mol. The van der Waals surface area contributed by atoms with Gasteiger partial charge in [-0.15, -0.1) is 0 Å². The average molecular weight is 154 g/mol. The molecule has 0 heterocycles. The van der Waals surface area contributed by atoms with Crippen molar-refractivity contribution in [2.45, 2.75) is 32.6 Å². The summed E-state index contributed by atoms with van der Waals surface area (Å²) < 4.78 is 0. The van der Waals surface area contributed by atoms with Gasteiger partial charge in [0.2, 0.25) is 0 Å². The third kappa shape index (κ3) is 1.50. The molecule has 62 valence electrons. The fourth-order valence-electron chi connectivity index (χ4n) is 1.76. The van der Waals surface area contributed by atoms with E-state index in [2.05, 4.69) is 0 Å². The molecular formula is C9H14O2. The van der Waals surface area contributed by atoms with E-state index in [1.54, 1.807) is 0 Å². The molecule has 2 heteroatoms. The van der Waals surface area contributed by atoms with E-state index >= 15 is 0 Å². The summed E-state index contributed by atoms with van der Waals surface area (Å²) in [5.41, 5.74) is -0.361. The van der Waals surface area contributed by atoms with Crippen molar-refractivity contribution in [2.75, 3.05) is 0 Å². The Morgan fingerprint density at radius 3 is 2.55 bits per heavy atom. The maximum Gasteiger partial charge on any atom is 0.126 e. The van der Waals surface area contributed by atoms with Crippen LogP contribution in [0.2, 0.25) is 0 Å². The molecule has 0 N–H and O–H groups in total. The molecule has 1 saturated carbocycles. The van der Waals surface area contributed by atoms with E-state index in [0.717, 1.165) is 38.3 Å². The lowest BCUT2D eigenvalue weighted by Gasteiger charge is -2.33. The minimum absolute atomic E-state index is 0.0336. The number of rotatable bonds is 2. The third-order valence-electron chi connectivity index (χ3n) is 2.76. The number of aldehydes is 2. The van der Waals surface area contributed by atoms with Crippen molar-refractivity contribution in [3.05, 3.63) is 0 Å². The van der Waals surface area contributed by atoms with Crippen LogP contribution < -0.4 is 0 Å². The van der Waals surface area contributed by atoms with E-state index in [-0.39, 0.29) is 11.3 Å². The Morgan fingerprint density at radius 2 is 2.09 bits per heavy atom. The Morgan fingerprint density at radius 1 is 1.36 bits per heavy atom. The highest BCUT2D eigenvalue weighted by molar-refractivity contribution is 5.68. The molecule has 0 aromatic heterocycles. The zero-order valence-electron chi connectivity index (χ0n) is 6.88. The van der Waals surface area contributed by atoms with Crippen LogP contribution in [0.3, 0.4) is 0 Å². The molecule has 0 amide bonds. The van der Waals surface area contributed by atoms with Crippen molar-refractivity contribution < 1.29 is 9.59 Å². The highest BCUT2D eigenvalue weighted by Gasteiger charge is 2.35. The minimum atomic E-state index is -0.361. The maximum absolute atomic E-state index is 10.7. The Kier molecular flexibility index (Phi) is 2.42. The molecule has 1 aliphatic rings. The zero-order valence-corrected chi connectivity index (χ0v) is 6.88. The summed E-state index contributed by atoms with van der Waals surface area (Å²) >= 11 is 0. The van der Waals surface area contributed by atoms with E-state index in [4.69, 9.17) is 0 Å². The van der Waals surface area contributed by atoms with Gasteiger partial charge in [-0.1, -0.05) is 19.8 Å². The molecule has 0 aromatic rings. The summed E-state index contributed by atoms with van der Waals surface area (Å²) in [5.74, 6) is -0.0336. The highest BCUT2D eigenvalue weighted by atomic mass is 16.1. The van der Waals surface area contributed by atoms with Crippen molar-refractivity contribution in [1.29, 1.82) is 0 Å². The maximum atomic E-state index is 10.7. The normalized spacial score (nSPS) is 38.1. The molecule has 2 atom stereocenters. The summed E-state index contributed by atoms with van der Waals surface area (Å²) in [6.07, 6.45) is 5.82. The summed E-state index contributed by atoms with van der Waals surface area (Å²) in [5, 5.41) is 0. The lowest BCUT2D eigenvalue weighted by atomic mass is 9.69. The number of hydrogen-bond donors (Lipinski definition) is 0. The Bertz CT molecular complexity index is 165. The van der Waals surface area contributed by atoms with Crippen LogP contribution in [-0.4, -0.2) is 12.6 Å². The second kappa shape index (κ2) is 3.16. The first-order chi connectivity index (χ1) is 5.23. The van der Waals surface area contributed by atoms with Crippen LogP contribution in [0.4, 0.5) is 0 Å². The first-order valence-electron chi connectivity index (χ1n) is 4.14. The predicted octanol–water partition coefficient (Wildman–Crippen LogP) is 1.58. The van der Waals surface area contributed by atoms with Gasteiger partial charge >= 0.3 is 0 Å². The summed E-state index contributed by atoms with van der Waals surface area (Å²) in [6, 6.07) is 0. The molecule has 1 aliphatic carbocycles. The van der Waals surface area contributed by atoms with E-state index < -0.39 is 0 Å². The Balaban J connectivity index is 2.72. The number of carbonyl (C=O) groups excluding carboxylic acids is 2. The minimum Gasteiger partial charge on any atom is -0.303 e. The lowest BCUT2D eigenvalue weighted by molar-refractivity contribution is -0.127.